The molecule has 1 amide bonds. The fraction of sp³-hybridized carbons (Fsp3) is 0.250. The largest absolute Gasteiger partial charge is 0.454 e. The number of amides is 1. The Morgan fingerprint density at radius 2 is 1.79 bits per heavy atom. The van der Waals surface area contributed by atoms with Gasteiger partial charge >= 0.3 is 5.97 Å². The molecule has 150 valence electrons. The fourth-order valence-corrected chi connectivity index (χ4v) is 3.17. The van der Waals surface area contributed by atoms with Gasteiger partial charge in [-0.2, -0.15) is 0 Å². The van der Waals surface area contributed by atoms with Crippen molar-refractivity contribution in [2.24, 2.45) is 5.92 Å². The first-order valence-corrected chi connectivity index (χ1v) is 9.19. The van der Waals surface area contributed by atoms with E-state index in [1.807, 2.05) is 0 Å². The van der Waals surface area contributed by atoms with Crippen molar-refractivity contribution < 1.29 is 24.0 Å². The van der Waals surface area contributed by atoms with E-state index in [0.717, 1.165) is 0 Å². The zero-order chi connectivity index (χ0) is 21.1. The number of non-ortho nitro benzene ring substituents is 1. The molecule has 0 bridgehead atoms. The number of nitro groups is 1. The lowest BCUT2D eigenvalue weighted by molar-refractivity contribution is -0.384. The third kappa shape index (κ3) is 4.60. The number of nitrogens with zero attached hydrogens (tertiary/aromatic N) is 2. The first-order valence-electron chi connectivity index (χ1n) is 8.81. The van der Waals surface area contributed by atoms with Gasteiger partial charge in [-0.1, -0.05) is 11.6 Å². The summed E-state index contributed by atoms with van der Waals surface area (Å²) in [7, 11) is 0. The molecule has 0 aliphatic carbocycles. The molecule has 0 N–H and O–H groups in total. The van der Waals surface area contributed by atoms with Crippen molar-refractivity contribution in [3.63, 3.8) is 0 Å². The van der Waals surface area contributed by atoms with Gasteiger partial charge in [0.1, 0.15) is 0 Å². The highest BCUT2D eigenvalue weighted by Crippen LogP contribution is 2.28. The van der Waals surface area contributed by atoms with Crippen LogP contribution in [-0.4, -0.2) is 35.2 Å². The summed E-state index contributed by atoms with van der Waals surface area (Å²) in [5, 5.41) is 11.2. The predicted octanol–water partition coefficient (Wildman–Crippen LogP) is 3.42. The normalized spacial score (nSPS) is 17.1. The van der Waals surface area contributed by atoms with Crippen LogP contribution in [0.25, 0.3) is 0 Å². The van der Waals surface area contributed by atoms with Gasteiger partial charge in [0.2, 0.25) is 11.7 Å². The van der Waals surface area contributed by atoms with E-state index in [1.54, 1.807) is 24.3 Å². The predicted molar refractivity (Wildman–Crippen MR) is 105 cm³/mol. The number of anilines is 1. The number of nitro benzene ring substituents is 1. The SMILES string of the molecule is C[C@H](OC(=O)[C@@H]1CC(=O)N(c2ccc([N+](=O)[O-])cc2)C1)C(=O)c1ccc(Cl)cc1. The number of halogens is 1. The average molecular weight is 417 g/mol. The van der Waals surface area contributed by atoms with Gasteiger partial charge in [-0.25, -0.2) is 0 Å². The first kappa shape index (κ1) is 20.5. The van der Waals surface area contributed by atoms with Crippen LogP contribution in [0.1, 0.15) is 23.7 Å². The first-order chi connectivity index (χ1) is 13.8. The van der Waals surface area contributed by atoms with E-state index >= 15 is 0 Å². The van der Waals surface area contributed by atoms with Crippen molar-refractivity contribution >= 4 is 40.6 Å². The van der Waals surface area contributed by atoms with Crippen LogP contribution in [0.15, 0.2) is 48.5 Å². The molecule has 1 saturated heterocycles. The Kier molecular flexibility index (Phi) is 5.93. The highest BCUT2D eigenvalue weighted by molar-refractivity contribution is 6.30. The van der Waals surface area contributed by atoms with Crippen molar-refractivity contribution in [1.29, 1.82) is 0 Å². The van der Waals surface area contributed by atoms with Crippen LogP contribution < -0.4 is 4.90 Å². The summed E-state index contributed by atoms with van der Waals surface area (Å²) >= 11 is 5.80. The second-order valence-electron chi connectivity index (χ2n) is 6.63. The molecule has 0 spiro atoms. The van der Waals surface area contributed by atoms with Crippen LogP contribution in [0.3, 0.4) is 0 Å². The molecule has 0 aromatic heterocycles. The Hall–Kier alpha value is -3.26. The number of ether oxygens (including phenoxy) is 1. The maximum absolute atomic E-state index is 12.4. The maximum Gasteiger partial charge on any atom is 0.312 e. The molecular weight excluding hydrogens is 400 g/mol. The quantitative estimate of drug-likeness (QED) is 0.309. The molecule has 0 radical (unpaired) electrons. The van der Waals surface area contributed by atoms with E-state index < -0.39 is 22.9 Å². The van der Waals surface area contributed by atoms with Gasteiger partial charge in [0, 0.05) is 41.4 Å². The molecular formula is C20H17ClN2O6. The van der Waals surface area contributed by atoms with Crippen molar-refractivity contribution in [2.45, 2.75) is 19.4 Å². The summed E-state index contributed by atoms with van der Waals surface area (Å²) < 4.78 is 5.27. The Morgan fingerprint density at radius 3 is 2.38 bits per heavy atom. The number of hydrogen-bond donors (Lipinski definition) is 0. The van der Waals surface area contributed by atoms with Gasteiger partial charge < -0.3 is 9.64 Å². The fourth-order valence-electron chi connectivity index (χ4n) is 3.04. The summed E-state index contributed by atoms with van der Waals surface area (Å²) in [4.78, 5) is 48.7. The van der Waals surface area contributed by atoms with Crippen molar-refractivity contribution in [1.82, 2.24) is 0 Å². The van der Waals surface area contributed by atoms with Crippen LogP contribution >= 0.6 is 11.6 Å². The summed E-state index contributed by atoms with van der Waals surface area (Å²) in [6.07, 6.45) is -1.07. The van der Waals surface area contributed by atoms with Crippen LogP contribution in [0, 0.1) is 16.0 Å². The number of carbonyl (C=O) groups is 3. The number of benzene rings is 2. The molecule has 1 fully saturated rings. The molecule has 0 saturated carbocycles. The Balaban J connectivity index is 1.63. The Morgan fingerprint density at radius 1 is 1.17 bits per heavy atom. The lowest BCUT2D eigenvalue weighted by Gasteiger charge is -2.17. The molecule has 8 nitrogen and oxygen atoms in total. The molecule has 1 aliphatic rings. The van der Waals surface area contributed by atoms with Crippen LogP contribution in [-0.2, 0) is 14.3 Å². The Labute approximate surface area is 171 Å². The van der Waals surface area contributed by atoms with Gasteiger partial charge in [0.15, 0.2) is 6.10 Å². The van der Waals surface area contributed by atoms with Gasteiger partial charge in [-0.15, -0.1) is 0 Å². The number of hydrogen-bond acceptors (Lipinski definition) is 6. The third-order valence-electron chi connectivity index (χ3n) is 4.62. The standard InChI is InChI=1S/C20H17ClN2O6/c1-12(19(25)13-2-4-15(21)5-3-13)29-20(26)14-10-18(24)22(11-14)16-6-8-17(9-7-16)23(27)28/h2-9,12,14H,10-11H2,1H3/t12-,14+/m0/s1. The van der Waals surface area contributed by atoms with Gasteiger partial charge in [0.25, 0.3) is 5.69 Å². The van der Waals surface area contributed by atoms with Crippen molar-refractivity contribution in [3.8, 4) is 0 Å². The molecule has 9 heteroatoms. The molecule has 2 aromatic rings. The van der Waals surface area contributed by atoms with Gasteiger partial charge in [-0.3, -0.25) is 24.5 Å². The Bertz CT molecular complexity index is 958. The lowest BCUT2D eigenvalue weighted by atomic mass is 10.1. The van der Waals surface area contributed by atoms with E-state index in [0.29, 0.717) is 16.3 Å². The monoisotopic (exact) mass is 416 g/mol. The van der Waals surface area contributed by atoms with Crippen molar-refractivity contribution in [2.75, 3.05) is 11.4 Å². The lowest BCUT2D eigenvalue weighted by Crippen LogP contribution is -2.30. The minimum Gasteiger partial charge on any atom is -0.454 e. The molecule has 2 aromatic carbocycles. The number of esters is 1. The summed E-state index contributed by atoms with van der Waals surface area (Å²) in [5.74, 6) is -2.03. The van der Waals surface area contributed by atoms with Crippen LogP contribution in [0.5, 0.6) is 0 Å². The molecule has 3 rings (SSSR count). The second kappa shape index (κ2) is 8.40. The van der Waals surface area contributed by atoms with E-state index in [4.69, 9.17) is 16.3 Å². The highest BCUT2D eigenvalue weighted by Gasteiger charge is 2.37. The summed E-state index contributed by atoms with van der Waals surface area (Å²) in [6, 6.07) is 11.7. The topological polar surface area (TPSA) is 107 Å². The summed E-state index contributed by atoms with van der Waals surface area (Å²) in [5.41, 5.74) is 0.733. The zero-order valence-electron chi connectivity index (χ0n) is 15.4. The minimum atomic E-state index is -1.01. The van der Waals surface area contributed by atoms with E-state index in [2.05, 4.69) is 0 Å². The number of Topliss-reactive ketones (excluding diaryl/α,β-unsaturated/α-hetero) is 1. The van der Waals surface area contributed by atoms with Crippen molar-refractivity contribution in [3.05, 3.63) is 69.2 Å². The number of ketones is 1. The molecule has 29 heavy (non-hydrogen) atoms. The van der Waals surface area contributed by atoms with Gasteiger partial charge in [0.05, 0.1) is 10.8 Å². The van der Waals surface area contributed by atoms with Gasteiger partial charge in [-0.05, 0) is 43.3 Å². The maximum atomic E-state index is 12.4. The second-order valence-corrected chi connectivity index (χ2v) is 7.07. The highest BCUT2D eigenvalue weighted by atomic mass is 35.5. The third-order valence-corrected chi connectivity index (χ3v) is 4.87. The van der Waals surface area contributed by atoms with E-state index in [-0.39, 0.29) is 30.3 Å². The molecule has 1 aliphatic heterocycles. The van der Waals surface area contributed by atoms with E-state index in [9.17, 15) is 24.5 Å². The minimum absolute atomic E-state index is 0.0579. The van der Waals surface area contributed by atoms with Crippen LogP contribution in [0.4, 0.5) is 11.4 Å². The number of carbonyl (C=O) groups excluding carboxylic acids is 3. The molecule has 0 unspecified atom stereocenters. The molecule has 1 heterocycles. The van der Waals surface area contributed by atoms with Crippen LogP contribution in [0.2, 0.25) is 5.02 Å². The molecule has 2 atom stereocenters. The zero-order valence-corrected chi connectivity index (χ0v) is 16.2. The average Bonchev–Trinajstić information content (AvgIpc) is 3.10. The number of rotatable bonds is 6. The summed E-state index contributed by atoms with van der Waals surface area (Å²) in [6.45, 7) is 1.55. The van der Waals surface area contributed by atoms with E-state index in [1.165, 1.54) is 36.1 Å². The smallest absolute Gasteiger partial charge is 0.312 e.